The highest BCUT2D eigenvalue weighted by molar-refractivity contribution is 7.80. The van der Waals surface area contributed by atoms with E-state index in [0.29, 0.717) is 12.4 Å². The van der Waals surface area contributed by atoms with E-state index in [1.54, 1.807) is 19.1 Å². The molecule has 17 heteroatoms. The van der Waals surface area contributed by atoms with Gasteiger partial charge in [-0.1, -0.05) is 0 Å². The molecule has 2 saturated heterocycles. The van der Waals surface area contributed by atoms with Gasteiger partial charge in [-0.25, -0.2) is 8.98 Å². The highest BCUT2D eigenvalue weighted by Gasteiger charge is 2.54. The quantitative estimate of drug-likeness (QED) is 0.142. The van der Waals surface area contributed by atoms with Gasteiger partial charge < -0.3 is 54.3 Å². The van der Waals surface area contributed by atoms with E-state index in [4.69, 9.17) is 28.2 Å². The largest absolute Gasteiger partial charge is 0.494 e. The van der Waals surface area contributed by atoms with Gasteiger partial charge in [0.1, 0.15) is 54.2 Å². The number of aliphatic hydroxyl groups excluding tert-OH is 5. The molecular weight excluding hydrogens is 528 g/mol. The first-order valence-electron chi connectivity index (χ1n) is 10.9. The molecule has 2 aliphatic heterocycles. The molecule has 3 rings (SSSR count). The average molecular weight is 556 g/mol. The van der Waals surface area contributed by atoms with E-state index in [9.17, 15) is 43.9 Å². The monoisotopic (exact) mass is 556 g/mol. The third-order valence-electron chi connectivity index (χ3n) is 5.52. The number of ether oxygens (including phenoxy) is 5. The Hall–Kier alpha value is -2.16. The summed E-state index contributed by atoms with van der Waals surface area (Å²) in [6.07, 6.45) is -19.3. The van der Waals surface area contributed by atoms with Crippen LogP contribution in [0, 0.1) is 0 Å². The van der Waals surface area contributed by atoms with E-state index in [-0.39, 0.29) is 5.75 Å². The maximum Gasteiger partial charge on any atom is 0.397 e. The minimum absolute atomic E-state index is 0.194. The van der Waals surface area contributed by atoms with Crippen molar-refractivity contribution in [2.24, 2.45) is 0 Å². The molecule has 0 saturated carbocycles. The number of aliphatic hydroxyl groups is 5. The van der Waals surface area contributed by atoms with Crippen LogP contribution in [0.15, 0.2) is 24.3 Å². The molecule has 10 unspecified atom stereocenters. The number of rotatable bonds is 10. The van der Waals surface area contributed by atoms with Gasteiger partial charge in [-0.15, -0.1) is 0 Å². The molecule has 2 aliphatic rings. The maximum atomic E-state index is 11.6. The molecule has 10 atom stereocenters. The number of hydrogen-bond donors (Lipinski definition) is 7. The second-order valence-electron chi connectivity index (χ2n) is 8.06. The Morgan fingerprint density at radius 1 is 0.919 bits per heavy atom. The van der Waals surface area contributed by atoms with Crippen molar-refractivity contribution < 1.29 is 76.3 Å². The normalized spacial score (nSPS) is 36.6. The van der Waals surface area contributed by atoms with Gasteiger partial charge in [-0.05, 0) is 31.2 Å². The lowest BCUT2D eigenvalue weighted by Crippen LogP contribution is -2.66. The number of benzene rings is 1. The number of aliphatic carboxylic acids is 1. The zero-order chi connectivity index (χ0) is 27.5. The molecule has 0 aliphatic carbocycles. The van der Waals surface area contributed by atoms with Crippen molar-refractivity contribution in [3.8, 4) is 11.5 Å². The number of carbonyl (C=O) groups is 1. The van der Waals surface area contributed by atoms with Crippen LogP contribution in [-0.2, 0) is 33.6 Å². The zero-order valence-corrected chi connectivity index (χ0v) is 20.0. The Kier molecular flexibility index (Phi) is 9.64. The Morgan fingerprint density at radius 2 is 1.54 bits per heavy atom. The Balaban J connectivity index is 1.79. The van der Waals surface area contributed by atoms with Gasteiger partial charge in [0.2, 0.25) is 6.29 Å². The van der Waals surface area contributed by atoms with E-state index in [2.05, 4.69) is 4.18 Å². The van der Waals surface area contributed by atoms with Crippen LogP contribution in [0.25, 0.3) is 0 Å². The van der Waals surface area contributed by atoms with E-state index in [0.717, 1.165) is 0 Å². The van der Waals surface area contributed by atoms with Gasteiger partial charge in [0.05, 0.1) is 13.2 Å². The molecule has 0 radical (unpaired) electrons. The summed E-state index contributed by atoms with van der Waals surface area (Å²) in [7, 11) is -5.27. The molecule has 16 nitrogen and oxygen atoms in total. The van der Waals surface area contributed by atoms with Gasteiger partial charge in [0.15, 0.2) is 12.4 Å². The average Bonchev–Trinajstić information content (AvgIpc) is 2.83. The van der Waals surface area contributed by atoms with Crippen LogP contribution in [0.2, 0.25) is 0 Å². The van der Waals surface area contributed by atoms with Crippen LogP contribution in [0.4, 0.5) is 0 Å². The third-order valence-corrected chi connectivity index (χ3v) is 5.99. The van der Waals surface area contributed by atoms with Crippen molar-refractivity contribution in [3.63, 3.8) is 0 Å². The smallest absolute Gasteiger partial charge is 0.397 e. The Labute approximate surface area is 210 Å². The first-order valence-corrected chi connectivity index (χ1v) is 12.3. The summed E-state index contributed by atoms with van der Waals surface area (Å²) in [5.41, 5.74) is 0. The third kappa shape index (κ3) is 7.03. The van der Waals surface area contributed by atoms with Crippen molar-refractivity contribution in [1.29, 1.82) is 0 Å². The number of carboxylic acids is 1. The molecule has 2 heterocycles. The zero-order valence-electron chi connectivity index (χ0n) is 19.2. The molecule has 0 aromatic heterocycles. The molecule has 2 fully saturated rings. The summed E-state index contributed by atoms with van der Waals surface area (Å²) in [6, 6.07) is 6.14. The van der Waals surface area contributed by atoms with Crippen molar-refractivity contribution in [3.05, 3.63) is 24.3 Å². The van der Waals surface area contributed by atoms with Gasteiger partial charge in [-0.2, -0.15) is 8.42 Å². The number of carboxylic acid groups (broad SMARTS) is 1. The standard InChI is InChI=1S/C20H28O16S/c1-2-31-8-3-5-9(6-4-8)32-20-14(25)15(11(22)10(7-21)33-20)34-19-13(24)12(23)16(36-37(28,29)30)17(35-19)18(26)27/h3-6,10-17,19-25H,2,7H2,1H3,(H,26,27)(H,28,29,30). The topological polar surface area (TPSA) is 248 Å². The fourth-order valence-electron chi connectivity index (χ4n) is 3.78. The van der Waals surface area contributed by atoms with Crippen LogP contribution in [0.1, 0.15) is 6.92 Å². The van der Waals surface area contributed by atoms with E-state index in [1.165, 1.54) is 12.1 Å². The van der Waals surface area contributed by atoms with Crippen LogP contribution >= 0.6 is 0 Å². The van der Waals surface area contributed by atoms with Crippen molar-refractivity contribution in [2.75, 3.05) is 13.2 Å². The fourth-order valence-corrected chi connectivity index (χ4v) is 4.27. The molecule has 1 aromatic rings. The van der Waals surface area contributed by atoms with Crippen molar-refractivity contribution >= 4 is 16.4 Å². The lowest BCUT2D eigenvalue weighted by Gasteiger charge is -2.45. The number of hydrogen-bond acceptors (Lipinski definition) is 14. The summed E-state index contributed by atoms with van der Waals surface area (Å²) in [4.78, 5) is 11.6. The van der Waals surface area contributed by atoms with Crippen LogP contribution in [-0.4, -0.2) is 124 Å². The lowest BCUT2D eigenvalue weighted by atomic mass is 9.97. The van der Waals surface area contributed by atoms with Crippen LogP contribution in [0.3, 0.4) is 0 Å². The first kappa shape index (κ1) is 29.4. The lowest BCUT2D eigenvalue weighted by molar-refractivity contribution is -0.347. The highest BCUT2D eigenvalue weighted by atomic mass is 32.3. The molecule has 0 bridgehead atoms. The molecule has 210 valence electrons. The second-order valence-corrected chi connectivity index (χ2v) is 9.11. The summed E-state index contributed by atoms with van der Waals surface area (Å²) < 4.78 is 61.8. The molecule has 0 amide bonds. The first-order chi connectivity index (χ1) is 17.4. The minimum Gasteiger partial charge on any atom is -0.494 e. The Morgan fingerprint density at radius 3 is 2.08 bits per heavy atom. The van der Waals surface area contributed by atoms with Gasteiger partial charge in [-0.3, -0.25) is 4.55 Å². The fraction of sp³-hybridized carbons (Fsp3) is 0.650. The SMILES string of the molecule is CCOc1ccc(OC2OC(CO)C(O)C(OC3OC(C(=O)O)C(OS(=O)(=O)O)C(O)C3O)C2O)cc1. The summed E-state index contributed by atoms with van der Waals surface area (Å²) in [5, 5.41) is 60.9. The van der Waals surface area contributed by atoms with E-state index < -0.39 is 84.4 Å². The summed E-state index contributed by atoms with van der Waals surface area (Å²) in [6.45, 7) is 1.45. The van der Waals surface area contributed by atoms with E-state index in [1.807, 2.05) is 0 Å². The molecule has 0 spiro atoms. The van der Waals surface area contributed by atoms with Crippen LogP contribution in [0.5, 0.6) is 11.5 Å². The Bertz CT molecular complexity index is 1000. The second kappa shape index (κ2) is 12.1. The molecular formula is C20H28O16S. The van der Waals surface area contributed by atoms with Crippen molar-refractivity contribution in [2.45, 2.75) is 68.3 Å². The molecule has 1 aromatic carbocycles. The predicted molar refractivity (Wildman–Crippen MR) is 116 cm³/mol. The van der Waals surface area contributed by atoms with Crippen LogP contribution < -0.4 is 9.47 Å². The molecule has 7 N–H and O–H groups in total. The van der Waals surface area contributed by atoms with Gasteiger partial charge >= 0.3 is 16.4 Å². The molecule has 37 heavy (non-hydrogen) atoms. The van der Waals surface area contributed by atoms with Gasteiger partial charge in [0.25, 0.3) is 0 Å². The van der Waals surface area contributed by atoms with Gasteiger partial charge in [0, 0.05) is 0 Å². The maximum absolute atomic E-state index is 11.6. The highest BCUT2D eigenvalue weighted by Crippen LogP contribution is 2.32. The minimum atomic E-state index is -5.27. The summed E-state index contributed by atoms with van der Waals surface area (Å²) in [5.74, 6) is -1.12. The van der Waals surface area contributed by atoms with Crippen molar-refractivity contribution in [1.82, 2.24) is 0 Å². The summed E-state index contributed by atoms with van der Waals surface area (Å²) >= 11 is 0. The predicted octanol–water partition coefficient (Wildman–Crippen LogP) is -2.99. The van der Waals surface area contributed by atoms with E-state index >= 15 is 0 Å².